The van der Waals surface area contributed by atoms with Gasteiger partial charge in [-0.05, 0) is 49.9 Å². The van der Waals surface area contributed by atoms with Gasteiger partial charge >= 0.3 is 0 Å². The second kappa shape index (κ2) is 10.4. The molecule has 1 unspecified atom stereocenters. The van der Waals surface area contributed by atoms with E-state index in [-0.39, 0.29) is 18.6 Å². The maximum atomic E-state index is 12.0. The first-order valence-corrected chi connectivity index (χ1v) is 9.62. The van der Waals surface area contributed by atoms with Gasteiger partial charge in [-0.25, -0.2) is 0 Å². The van der Waals surface area contributed by atoms with Gasteiger partial charge < -0.3 is 20.6 Å². The average Bonchev–Trinajstić information content (AvgIpc) is 2.63. The van der Waals surface area contributed by atoms with Gasteiger partial charge in [0.25, 0.3) is 0 Å². The van der Waals surface area contributed by atoms with Gasteiger partial charge in [0.05, 0.1) is 19.1 Å². The Kier molecular flexibility index (Phi) is 8.22. The number of rotatable bonds is 9. The van der Waals surface area contributed by atoms with Crippen molar-refractivity contribution in [2.45, 2.75) is 58.0 Å². The summed E-state index contributed by atoms with van der Waals surface area (Å²) >= 11 is 0. The molecule has 1 heterocycles. The summed E-state index contributed by atoms with van der Waals surface area (Å²) in [5.74, 6) is -0.0371. The Morgan fingerprint density at radius 1 is 1.24 bits per heavy atom. The normalized spacial score (nSPS) is 17.2. The zero-order valence-corrected chi connectivity index (χ0v) is 15.6. The summed E-state index contributed by atoms with van der Waals surface area (Å²) < 4.78 is 0. The fraction of sp³-hybridized carbons (Fsp3) is 0.650. The van der Waals surface area contributed by atoms with Gasteiger partial charge in [-0.15, -0.1) is 0 Å². The third-order valence-corrected chi connectivity index (χ3v) is 4.90. The van der Waals surface area contributed by atoms with E-state index in [0.717, 1.165) is 17.7 Å². The molecule has 1 amide bonds. The molecular weight excluding hydrogens is 314 g/mol. The second-order valence-electron chi connectivity index (χ2n) is 6.99. The van der Waals surface area contributed by atoms with Crippen LogP contribution in [-0.2, 0) is 11.2 Å². The molecule has 0 spiro atoms. The van der Waals surface area contributed by atoms with Crippen molar-refractivity contribution in [2.75, 3.05) is 31.6 Å². The number of likely N-dealkylation sites (tertiary alicyclic amines) is 1. The summed E-state index contributed by atoms with van der Waals surface area (Å²) in [6.07, 6.45) is 4.69. The zero-order chi connectivity index (χ0) is 18.1. The van der Waals surface area contributed by atoms with Gasteiger partial charge in [-0.3, -0.25) is 4.79 Å². The molecular formula is C20H33N3O2. The van der Waals surface area contributed by atoms with Crippen LogP contribution in [0.15, 0.2) is 24.3 Å². The maximum Gasteiger partial charge on any atom is 0.224 e. The summed E-state index contributed by atoms with van der Waals surface area (Å²) in [5, 5.41) is 15.6. The first kappa shape index (κ1) is 19.7. The highest BCUT2D eigenvalue weighted by Gasteiger charge is 2.18. The van der Waals surface area contributed by atoms with Crippen LogP contribution in [0.2, 0.25) is 0 Å². The van der Waals surface area contributed by atoms with E-state index >= 15 is 0 Å². The van der Waals surface area contributed by atoms with Gasteiger partial charge in [0.2, 0.25) is 5.91 Å². The Balaban J connectivity index is 1.77. The van der Waals surface area contributed by atoms with Crippen molar-refractivity contribution < 1.29 is 9.90 Å². The number of benzene rings is 1. The Morgan fingerprint density at radius 2 is 1.92 bits per heavy atom. The molecule has 0 radical (unpaired) electrons. The van der Waals surface area contributed by atoms with Gasteiger partial charge in [-0.1, -0.05) is 26.0 Å². The van der Waals surface area contributed by atoms with Crippen LogP contribution in [0.5, 0.6) is 0 Å². The van der Waals surface area contributed by atoms with E-state index < -0.39 is 0 Å². The molecule has 2 rings (SSSR count). The van der Waals surface area contributed by atoms with Gasteiger partial charge in [0.1, 0.15) is 0 Å². The lowest BCUT2D eigenvalue weighted by atomic mass is 10.0. The number of hydrogen-bond acceptors (Lipinski definition) is 4. The standard InChI is InChI=1S/C20H33N3O2/c1-3-11-23-12-9-19(10-13-23)21-18-7-5-16(6-8-18)14-20(25)22-17(4-2)15-24/h5-8,17,19,21,24H,3-4,9-15H2,1-2H3,(H,22,25). The molecule has 0 bridgehead atoms. The summed E-state index contributed by atoms with van der Waals surface area (Å²) in [5.41, 5.74) is 2.12. The number of anilines is 1. The first-order valence-electron chi connectivity index (χ1n) is 9.62. The van der Waals surface area contributed by atoms with Gasteiger partial charge in [-0.2, -0.15) is 0 Å². The molecule has 1 atom stereocenters. The highest BCUT2D eigenvalue weighted by Crippen LogP contribution is 2.17. The van der Waals surface area contributed by atoms with Gasteiger partial charge in [0, 0.05) is 24.8 Å². The molecule has 1 aromatic carbocycles. The van der Waals surface area contributed by atoms with Crippen LogP contribution >= 0.6 is 0 Å². The predicted molar refractivity (Wildman–Crippen MR) is 103 cm³/mol. The molecule has 1 saturated heterocycles. The molecule has 1 aromatic rings. The monoisotopic (exact) mass is 347 g/mol. The molecule has 5 heteroatoms. The molecule has 25 heavy (non-hydrogen) atoms. The third-order valence-electron chi connectivity index (χ3n) is 4.90. The Morgan fingerprint density at radius 3 is 2.48 bits per heavy atom. The average molecular weight is 348 g/mol. The van der Waals surface area contributed by atoms with E-state index in [9.17, 15) is 4.79 Å². The molecule has 1 aliphatic rings. The number of carbonyl (C=O) groups excluding carboxylic acids is 1. The lowest BCUT2D eigenvalue weighted by Gasteiger charge is -2.32. The number of hydrogen-bond donors (Lipinski definition) is 3. The van der Waals surface area contributed by atoms with Crippen molar-refractivity contribution in [1.29, 1.82) is 0 Å². The van der Waals surface area contributed by atoms with Crippen molar-refractivity contribution in [2.24, 2.45) is 0 Å². The highest BCUT2D eigenvalue weighted by molar-refractivity contribution is 5.79. The van der Waals surface area contributed by atoms with Crippen LogP contribution in [0, 0.1) is 0 Å². The van der Waals surface area contributed by atoms with E-state index in [1.165, 1.54) is 38.9 Å². The van der Waals surface area contributed by atoms with Crippen molar-refractivity contribution in [3.63, 3.8) is 0 Å². The van der Waals surface area contributed by atoms with E-state index in [1.54, 1.807) is 0 Å². The molecule has 1 aliphatic heterocycles. The van der Waals surface area contributed by atoms with E-state index in [4.69, 9.17) is 5.11 Å². The molecule has 0 saturated carbocycles. The minimum Gasteiger partial charge on any atom is -0.394 e. The summed E-state index contributed by atoms with van der Waals surface area (Å²) in [6.45, 7) is 7.73. The largest absolute Gasteiger partial charge is 0.394 e. The zero-order valence-electron chi connectivity index (χ0n) is 15.6. The molecule has 140 valence electrons. The predicted octanol–water partition coefficient (Wildman–Crippen LogP) is 2.40. The Labute approximate surface area is 151 Å². The van der Waals surface area contributed by atoms with Crippen LogP contribution in [0.25, 0.3) is 0 Å². The van der Waals surface area contributed by atoms with Gasteiger partial charge in [0.15, 0.2) is 0 Å². The number of nitrogens with one attached hydrogen (secondary N) is 2. The van der Waals surface area contributed by atoms with Crippen LogP contribution in [0.3, 0.4) is 0 Å². The van der Waals surface area contributed by atoms with Crippen LogP contribution in [0.4, 0.5) is 5.69 Å². The van der Waals surface area contributed by atoms with Crippen molar-refractivity contribution >= 4 is 11.6 Å². The molecule has 3 N–H and O–H groups in total. The number of carbonyl (C=O) groups is 1. The lowest BCUT2D eigenvalue weighted by Crippen LogP contribution is -2.39. The summed E-state index contributed by atoms with van der Waals surface area (Å²) in [7, 11) is 0. The fourth-order valence-electron chi connectivity index (χ4n) is 3.31. The number of aliphatic hydroxyl groups excluding tert-OH is 1. The summed E-state index contributed by atoms with van der Waals surface area (Å²) in [4.78, 5) is 14.5. The van der Waals surface area contributed by atoms with Crippen molar-refractivity contribution in [3.8, 4) is 0 Å². The second-order valence-corrected chi connectivity index (χ2v) is 6.99. The molecule has 1 fully saturated rings. The van der Waals surface area contributed by atoms with E-state index in [1.807, 2.05) is 19.1 Å². The number of piperidine rings is 1. The topological polar surface area (TPSA) is 64.6 Å². The number of amides is 1. The fourth-order valence-corrected chi connectivity index (χ4v) is 3.31. The number of nitrogens with zero attached hydrogens (tertiary/aromatic N) is 1. The minimum absolute atomic E-state index is 0.0117. The summed E-state index contributed by atoms with van der Waals surface area (Å²) in [6, 6.07) is 8.53. The highest BCUT2D eigenvalue weighted by atomic mass is 16.3. The molecule has 0 aromatic heterocycles. The van der Waals surface area contributed by atoms with Crippen LogP contribution in [-0.4, -0.2) is 54.2 Å². The van der Waals surface area contributed by atoms with E-state index in [0.29, 0.717) is 12.5 Å². The number of aliphatic hydroxyl groups is 1. The Hall–Kier alpha value is -1.59. The van der Waals surface area contributed by atoms with Crippen molar-refractivity contribution in [1.82, 2.24) is 10.2 Å². The van der Waals surface area contributed by atoms with E-state index in [2.05, 4.69) is 34.6 Å². The van der Waals surface area contributed by atoms with Crippen LogP contribution < -0.4 is 10.6 Å². The van der Waals surface area contributed by atoms with Crippen molar-refractivity contribution in [3.05, 3.63) is 29.8 Å². The molecule has 0 aliphatic carbocycles. The first-order chi connectivity index (χ1) is 12.1. The van der Waals surface area contributed by atoms with Crippen LogP contribution in [0.1, 0.15) is 45.1 Å². The maximum absolute atomic E-state index is 12.0. The Bertz CT molecular complexity index is 506. The SMILES string of the molecule is CCCN1CCC(Nc2ccc(CC(=O)NC(CC)CO)cc2)CC1. The third kappa shape index (κ3) is 6.67. The minimum atomic E-state index is -0.146. The lowest BCUT2D eigenvalue weighted by molar-refractivity contribution is -0.121. The molecule has 5 nitrogen and oxygen atoms in total. The smallest absolute Gasteiger partial charge is 0.224 e. The quantitative estimate of drug-likeness (QED) is 0.642.